The molecule has 1 heterocycles. The van der Waals surface area contributed by atoms with E-state index in [1.807, 2.05) is 43.3 Å². The van der Waals surface area contributed by atoms with Crippen molar-refractivity contribution in [1.29, 1.82) is 0 Å². The highest BCUT2D eigenvalue weighted by Crippen LogP contribution is 2.24. The number of sulfonamides is 1. The van der Waals surface area contributed by atoms with E-state index in [4.69, 9.17) is 4.42 Å². The summed E-state index contributed by atoms with van der Waals surface area (Å²) in [5, 5.41) is 7.66. The van der Waals surface area contributed by atoms with E-state index in [1.54, 1.807) is 18.2 Å². The van der Waals surface area contributed by atoms with E-state index in [0.717, 1.165) is 5.69 Å². The van der Waals surface area contributed by atoms with Crippen LogP contribution >= 0.6 is 0 Å². The first-order chi connectivity index (χ1) is 11.5. The molecular formula is C16H16N4O3S. The second kappa shape index (κ2) is 6.32. The first-order valence-corrected chi connectivity index (χ1v) is 8.63. The maximum absolute atomic E-state index is 12.2. The molecule has 0 unspecified atom stereocenters. The van der Waals surface area contributed by atoms with E-state index in [-0.39, 0.29) is 16.8 Å². The molecule has 8 heteroatoms. The molecule has 3 rings (SSSR count). The van der Waals surface area contributed by atoms with Crippen LogP contribution in [0.4, 0.5) is 11.7 Å². The molecule has 1 N–H and O–H groups in total. The molecule has 1 aromatic heterocycles. The molecule has 0 aliphatic rings. The number of hydrogen-bond donors (Lipinski definition) is 1. The lowest BCUT2D eigenvalue weighted by Crippen LogP contribution is -2.12. The lowest BCUT2D eigenvalue weighted by molar-refractivity contribution is 0.577. The van der Waals surface area contributed by atoms with Crippen LogP contribution in [0, 0.1) is 0 Å². The Labute approximate surface area is 140 Å². The number of hydrogen-bond acceptors (Lipinski definition) is 6. The number of rotatable bonds is 5. The Morgan fingerprint density at radius 2 is 1.75 bits per heavy atom. The van der Waals surface area contributed by atoms with Crippen LogP contribution in [-0.2, 0) is 10.0 Å². The third kappa shape index (κ3) is 3.38. The van der Waals surface area contributed by atoms with Crippen LogP contribution < -0.4 is 9.62 Å². The molecule has 3 aromatic rings. The molecule has 0 saturated carbocycles. The van der Waals surface area contributed by atoms with Gasteiger partial charge in [0.15, 0.2) is 0 Å². The second-order valence-electron chi connectivity index (χ2n) is 5.28. The van der Waals surface area contributed by atoms with E-state index in [1.165, 1.54) is 12.1 Å². The first-order valence-electron chi connectivity index (χ1n) is 7.15. The molecule has 124 valence electrons. The standard InChI is InChI=1S/C16H16N4O3S/c1-20(2)13-8-6-7-12(11-13)15-17-18-16(23-15)19-24(21,22)14-9-4-3-5-10-14/h3-11H,1-2H3,(H,18,19). The highest BCUT2D eigenvalue weighted by atomic mass is 32.2. The van der Waals surface area contributed by atoms with Crippen LogP contribution in [-0.4, -0.2) is 32.7 Å². The molecule has 7 nitrogen and oxygen atoms in total. The van der Waals surface area contributed by atoms with E-state index in [0.29, 0.717) is 5.56 Å². The van der Waals surface area contributed by atoms with Crippen molar-refractivity contribution in [2.45, 2.75) is 4.90 Å². The molecule has 0 aliphatic carbocycles. The summed E-state index contributed by atoms with van der Waals surface area (Å²) < 4.78 is 32.2. The highest BCUT2D eigenvalue weighted by molar-refractivity contribution is 7.92. The average molecular weight is 344 g/mol. The van der Waals surface area contributed by atoms with Crippen molar-refractivity contribution in [3.8, 4) is 11.5 Å². The summed E-state index contributed by atoms with van der Waals surface area (Å²) in [4.78, 5) is 2.07. The molecule has 0 atom stereocenters. The number of anilines is 2. The Balaban J connectivity index is 1.85. The smallest absolute Gasteiger partial charge is 0.330 e. The van der Waals surface area contributed by atoms with Gasteiger partial charge in [0.2, 0.25) is 5.89 Å². The maximum atomic E-state index is 12.2. The zero-order valence-corrected chi connectivity index (χ0v) is 14.0. The van der Waals surface area contributed by atoms with Crippen molar-refractivity contribution in [2.24, 2.45) is 0 Å². The van der Waals surface area contributed by atoms with Gasteiger partial charge in [-0.25, -0.2) is 13.1 Å². The second-order valence-corrected chi connectivity index (χ2v) is 6.96. The van der Waals surface area contributed by atoms with Gasteiger partial charge in [-0.1, -0.05) is 29.4 Å². The van der Waals surface area contributed by atoms with Crippen molar-refractivity contribution in [2.75, 3.05) is 23.7 Å². The Hall–Kier alpha value is -2.87. The predicted octanol–water partition coefficient (Wildman–Crippen LogP) is 2.60. The third-order valence-electron chi connectivity index (χ3n) is 3.31. The molecule has 0 spiro atoms. The molecule has 24 heavy (non-hydrogen) atoms. The Morgan fingerprint density at radius 3 is 2.46 bits per heavy atom. The van der Waals surface area contributed by atoms with Crippen molar-refractivity contribution in [1.82, 2.24) is 10.2 Å². The summed E-state index contributed by atoms with van der Waals surface area (Å²) in [6, 6.07) is 15.3. The van der Waals surface area contributed by atoms with Gasteiger partial charge < -0.3 is 9.32 Å². The van der Waals surface area contributed by atoms with Gasteiger partial charge in [0.05, 0.1) is 4.90 Å². The van der Waals surface area contributed by atoms with Gasteiger partial charge in [0.1, 0.15) is 0 Å². The van der Waals surface area contributed by atoms with Gasteiger partial charge in [-0.2, -0.15) is 0 Å². The van der Waals surface area contributed by atoms with Gasteiger partial charge >= 0.3 is 6.01 Å². The average Bonchev–Trinajstić information content (AvgIpc) is 3.03. The summed E-state index contributed by atoms with van der Waals surface area (Å²) in [5.74, 6) is 0.240. The fourth-order valence-electron chi connectivity index (χ4n) is 2.07. The number of aromatic nitrogens is 2. The minimum atomic E-state index is -3.76. The van der Waals surface area contributed by atoms with Gasteiger partial charge in [0.25, 0.3) is 10.0 Å². The molecule has 0 radical (unpaired) electrons. The molecule has 0 fully saturated rings. The SMILES string of the molecule is CN(C)c1cccc(-c2nnc(NS(=O)(=O)c3ccccc3)o2)c1. The summed E-state index contributed by atoms with van der Waals surface area (Å²) in [7, 11) is 0.0877. The van der Waals surface area contributed by atoms with Gasteiger partial charge in [0, 0.05) is 25.3 Å². The summed E-state index contributed by atoms with van der Waals surface area (Å²) in [5.41, 5.74) is 1.68. The highest BCUT2D eigenvalue weighted by Gasteiger charge is 2.18. The van der Waals surface area contributed by atoms with E-state index >= 15 is 0 Å². The Kier molecular flexibility index (Phi) is 4.22. The van der Waals surface area contributed by atoms with E-state index < -0.39 is 10.0 Å². The third-order valence-corrected chi connectivity index (χ3v) is 4.65. The van der Waals surface area contributed by atoms with Crippen molar-refractivity contribution in [3.05, 3.63) is 54.6 Å². The van der Waals surface area contributed by atoms with E-state index in [9.17, 15) is 8.42 Å². The summed E-state index contributed by atoms with van der Waals surface area (Å²) >= 11 is 0. The van der Waals surface area contributed by atoms with Crippen molar-refractivity contribution < 1.29 is 12.8 Å². The minimum absolute atomic E-state index is 0.124. The Morgan fingerprint density at radius 1 is 1.00 bits per heavy atom. The summed E-state index contributed by atoms with van der Waals surface area (Å²) in [6.45, 7) is 0. The minimum Gasteiger partial charge on any atom is -0.403 e. The largest absolute Gasteiger partial charge is 0.403 e. The van der Waals surface area contributed by atoms with Crippen LogP contribution in [0.5, 0.6) is 0 Å². The fraction of sp³-hybridized carbons (Fsp3) is 0.125. The zero-order valence-electron chi connectivity index (χ0n) is 13.2. The molecule has 2 aromatic carbocycles. The molecule has 0 bridgehead atoms. The van der Waals surface area contributed by atoms with Gasteiger partial charge in [-0.15, -0.1) is 5.10 Å². The number of benzene rings is 2. The molecular weight excluding hydrogens is 328 g/mol. The fourth-order valence-corrected chi connectivity index (χ4v) is 3.02. The lowest BCUT2D eigenvalue weighted by atomic mass is 10.2. The quantitative estimate of drug-likeness (QED) is 0.765. The van der Waals surface area contributed by atoms with E-state index in [2.05, 4.69) is 14.9 Å². The molecule has 0 saturated heterocycles. The number of nitrogens with zero attached hydrogens (tertiary/aromatic N) is 3. The van der Waals surface area contributed by atoms with Crippen LogP contribution in [0.3, 0.4) is 0 Å². The lowest BCUT2D eigenvalue weighted by Gasteiger charge is -2.12. The Bertz CT molecular complexity index is 937. The predicted molar refractivity (Wildman–Crippen MR) is 91.3 cm³/mol. The van der Waals surface area contributed by atoms with Crippen LogP contribution in [0.1, 0.15) is 0 Å². The number of nitrogens with one attached hydrogen (secondary N) is 1. The maximum Gasteiger partial charge on any atom is 0.330 e. The molecule has 0 aliphatic heterocycles. The zero-order chi connectivity index (χ0) is 17.2. The van der Waals surface area contributed by atoms with Crippen molar-refractivity contribution >= 4 is 21.7 Å². The van der Waals surface area contributed by atoms with Crippen LogP contribution in [0.2, 0.25) is 0 Å². The van der Waals surface area contributed by atoms with Crippen molar-refractivity contribution in [3.63, 3.8) is 0 Å². The summed E-state index contributed by atoms with van der Waals surface area (Å²) in [6.07, 6.45) is 0. The van der Waals surface area contributed by atoms with Crippen LogP contribution in [0.25, 0.3) is 11.5 Å². The topological polar surface area (TPSA) is 88.3 Å². The normalized spacial score (nSPS) is 11.2. The first kappa shape index (κ1) is 16.0. The van der Waals surface area contributed by atoms with Crippen LogP contribution in [0.15, 0.2) is 63.9 Å². The molecule has 0 amide bonds. The van der Waals surface area contributed by atoms with Gasteiger partial charge in [-0.3, -0.25) is 0 Å². The van der Waals surface area contributed by atoms with Gasteiger partial charge in [-0.05, 0) is 30.3 Å². The monoisotopic (exact) mass is 344 g/mol.